The predicted molar refractivity (Wildman–Crippen MR) is 55.6 cm³/mol. The molecular weight excluding hydrogens is 212 g/mol. The van der Waals surface area contributed by atoms with Crippen LogP contribution in [0.5, 0.6) is 0 Å². The van der Waals surface area contributed by atoms with E-state index in [9.17, 15) is 14.4 Å². The van der Waals surface area contributed by atoms with Gasteiger partial charge in [-0.3, -0.25) is 14.4 Å². The van der Waals surface area contributed by atoms with Crippen molar-refractivity contribution in [2.75, 3.05) is 20.1 Å². The fourth-order valence-corrected chi connectivity index (χ4v) is 1.57. The number of amides is 2. The summed E-state index contributed by atoms with van der Waals surface area (Å²) in [5, 5.41) is 11.2. The van der Waals surface area contributed by atoms with Crippen molar-refractivity contribution in [1.82, 2.24) is 10.2 Å². The number of carbonyl (C=O) groups excluding carboxylic acids is 2. The molecule has 0 spiro atoms. The van der Waals surface area contributed by atoms with Crippen LogP contribution in [0.4, 0.5) is 0 Å². The van der Waals surface area contributed by atoms with Crippen molar-refractivity contribution in [1.29, 1.82) is 0 Å². The number of carbonyl (C=O) groups is 3. The van der Waals surface area contributed by atoms with Crippen LogP contribution in [0.2, 0.25) is 0 Å². The first-order chi connectivity index (χ1) is 7.47. The van der Waals surface area contributed by atoms with Crippen LogP contribution in [0, 0.1) is 11.8 Å². The zero-order chi connectivity index (χ0) is 12.3. The second-order valence-corrected chi connectivity index (χ2v) is 3.93. The number of likely N-dealkylation sites (N-methyl/N-ethyl adjacent to an activating group) is 2. The lowest BCUT2D eigenvalue weighted by molar-refractivity contribution is -0.142. The average molecular weight is 228 g/mol. The highest BCUT2D eigenvalue weighted by atomic mass is 16.4. The van der Waals surface area contributed by atoms with Crippen molar-refractivity contribution in [3.05, 3.63) is 0 Å². The highest BCUT2D eigenvalue weighted by molar-refractivity contribution is 5.91. The molecule has 1 aliphatic rings. The summed E-state index contributed by atoms with van der Waals surface area (Å²) in [6, 6.07) is 0. The maximum Gasteiger partial charge on any atom is 0.307 e. The van der Waals surface area contributed by atoms with Crippen LogP contribution in [0.3, 0.4) is 0 Å². The molecule has 0 bridgehead atoms. The molecule has 0 unspecified atom stereocenters. The molecule has 0 aliphatic heterocycles. The normalized spacial score (nSPS) is 22.4. The second-order valence-electron chi connectivity index (χ2n) is 3.93. The van der Waals surface area contributed by atoms with Crippen molar-refractivity contribution in [3.63, 3.8) is 0 Å². The SMILES string of the molecule is CCNC(=O)CN(C)C(=O)[C@@H]1C[C@@H]1C(=O)O. The molecule has 90 valence electrons. The van der Waals surface area contributed by atoms with E-state index >= 15 is 0 Å². The van der Waals surface area contributed by atoms with Crippen molar-refractivity contribution < 1.29 is 19.5 Å². The van der Waals surface area contributed by atoms with Gasteiger partial charge in [-0.25, -0.2) is 0 Å². The molecule has 0 aromatic rings. The zero-order valence-corrected chi connectivity index (χ0v) is 9.40. The van der Waals surface area contributed by atoms with Crippen molar-refractivity contribution in [2.24, 2.45) is 11.8 Å². The Morgan fingerprint density at radius 1 is 1.38 bits per heavy atom. The molecule has 0 aromatic carbocycles. The lowest BCUT2D eigenvalue weighted by Gasteiger charge is -2.16. The van der Waals surface area contributed by atoms with Gasteiger partial charge in [0.05, 0.1) is 18.4 Å². The van der Waals surface area contributed by atoms with E-state index < -0.39 is 17.8 Å². The van der Waals surface area contributed by atoms with Crippen LogP contribution >= 0.6 is 0 Å². The van der Waals surface area contributed by atoms with Gasteiger partial charge < -0.3 is 15.3 Å². The molecule has 1 rings (SSSR count). The third-order valence-corrected chi connectivity index (χ3v) is 2.56. The fourth-order valence-electron chi connectivity index (χ4n) is 1.57. The first-order valence-electron chi connectivity index (χ1n) is 5.21. The molecule has 0 radical (unpaired) electrons. The summed E-state index contributed by atoms with van der Waals surface area (Å²) in [4.78, 5) is 34.7. The smallest absolute Gasteiger partial charge is 0.307 e. The molecule has 16 heavy (non-hydrogen) atoms. The van der Waals surface area contributed by atoms with E-state index in [1.54, 1.807) is 6.92 Å². The number of nitrogens with zero attached hydrogens (tertiary/aromatic N) is 1. The second kappa shape index (κ2) is 4.96. The number of hydrogen-bond acceptors (Lipinski definition) is 3. The largest absolute Gasteiger partial charge is 0.481 e. The summed E-state index contributed by atoms with van der Waals surface area (Å²) in [6.45, 7) is 2.29. The van der Waals surface area contributed by atoms with Gasteiger partial charge in [0, 0.05) is 13.6 Å². The van der Waals surface area contributed by atoms with Crippen LogP contribution in [-0.2, 0) is 14.4 Å². The minimum atomic E-state index is -0.940. The Morgan fingerprint density at radius 3 is 2.44 bits per heavy atom. The van der Waals surface area contributed by atoms with Crippen LogP contribution in [0.25, 0.3) is 0 Å². The van der Waals surface area contributed by atoms with Gasteiger partial charge in [-0.2, -0.15) is 0 Å². The van der Waals surface area contributed by atoms with E-state index in [2.05, 4.69) is 5.32 Å². The summed E-state index contributed by atoms with van der Waals surface area (Å²) in [5.74, 6) is -2.45. The minimum absolute atomic E-state index is 0.0183. The summed E-state index contributed by atoms with van der Waals surface area (Å²) >= 11 is 0. The third kappa shape index (κ3) is 2.95. The highest BCUT2D eigenvalue weighted by Crippen LogP contribution is 2.39. The Morgan fingerprint density at radius 2 is 2.00 bits per heavy atom. The number of aliphatic carboxylic acids is 1. The molecule has 6 nitrogen and oxygen atoms in total. The molecule has 1 aliphatic carbocycles. The third-order valence-electron chi connectivity index (χ3n) is 2.56. The van der Waals surface area contributed by atoms with E-state index in [-0.39, 0.29) is 18.4 Å². The van der Waals surface area contributed by atoms with Crippen molar-refractivity contribution in [2.45, 2.75) is 13.3 Å². The van der Waals surface area contributed by atoms with E-state index in [1.807, 2.05) is 0 Å². The molecule has 2 amide bonds. The maximum atomic E-state index is 11.6. The maximum absolute atomic E-state index is 11.6. The number of hydrogen-bond donors (Lipinski definition) is 2. The highest BCUT2D eigenvalue weighted by Gasteiger charge is 2.49. The van der Waals surface area contributed by atoms with Gasteiger partial charge in [0.15, 0.2) is 0 Å². The summed E-state index contributed by atoms with van der Waals surface area (Å²) in [7, 11) is 1.51. The predicted octanol–water partition coefficient (Wildman–Crippen LogP) is -0.698. The fraction of sp³-hybridized carbons (Fsp3) is 0.700. The lowest BCUT2D eigenvalue weighted by Crippen LogP contribution is -2.39. The molecule has 2 atom stereocenters. The summed E-state index contributed by atoms with van der Waals surface area (Å²) in [5.41, 5.74) is 0. The average Bonchev–Trinajstić information content (AvgIpc) is 2.96. The molecule has 2 N–H and O–H groups in total. The van der Waals surface area contributed by atoms with E-state index in [0.29, 0.717) is 13.0 Å². The Hall–Kier alpha value is -1.59. The number of carboxylic acids is 1. The van der Waals surface area contributed by atoms with Gasteiger partial charge in [-0.1, -0.05) is 0 Å². The van der Waals surface area contributed by atoms with Gasteiger partial charge in [-0.15, -0.1) is 0 Å². The lowest BCUT2D eigenvalue weighted by atomic mass is 10.3. The monoisotopic (exact) mass is 228 g/mol. The van der Waals surface area contributed by atoms with Crippen molar-refractivity contribution in [3.8, 4) is 0 Å². The zero-order valence-electron chi connectivity index (χ0n) is 9.40. The van der Waals surface area contributed by atoms with Crippen LogP contribution < -0.4 is 5.32 Å². The summed E-state index contributed by atoms with van der Waals surface area (Å²) in [6.07, 6.45) is 0.383. The van der Waals surface area contributed by atoms with E-state index in [4.69, 9.17) is 5.11 Å². The van der Waals surface area contributed by atoms with Crippen LogP contribution in [0.15, 0.2) is 0 Å². The minimum Gasteiger partial charge on any atom is -0.481 e. The Labute approximate surface area is 93.6 Å². The summed E-state index contributed by atoms with van der Waals surface area (Å²) < 4.78 is 0. The Balaban J connectivity index is 2.38. The molecule has 6 heteroatoms. The van der Waals surface area contributed by atoms with Gasteiger partial charge in [0.1, 0.15) is 0 Å². The Bertz CT molecular complexity index is 316. The van der Waals surface area contributed by atoms with Crippen LogP contribution in [-0.4, -0.2) is 47.9 Å². The standard InChI is InChI=1S/C10H16N2O4/c1-3-11-8(13)5-12(2)9(14)6-4-7(6)10(15)16/h6-7H,3-5H2,1-2H3,(H,11,13)(H,15,16)/t6-,7+/m1/s1. The van der Waals surface area contributed by atoms with E-state index in [0.717, 1.165) is 0 Å². The molecular formula is C10H16N2O4. The number of carboxylic acid groups (broad SMARTS) is 1. The van der Waals surface area contributed by atoms with Gasteiger partial charge in [0.25, 0.3) is 0 Å². The van der Waals surface area contributed by atoms with E-state index in [1.165, 1.54) is 11.9 Å². The van der Waals surface area contributed by atoms with Gasteiger partial charge >= 0.3 is 5.97 Å². The topological polar surface area (TPSA) is 86.7 Å². The molecule has 1 fully saturated rings. The molecule has 0 aromatic heterocycles. The van der Waals surface area contributed by atoms with Crippen LogP contribution in [0.1, 0.15) is 13.3 Å². The first kappa shape index (κ1) is 12.5. The Kier molecular flexibility index (Phi) is 3.87. The molecule has 1 saturated carbocycles. The molecule has 0 saturated heterocycles. The van der Waals surface area contributed by atoms with Gasteiger partial charge in [-0.05, 0) is 13.3 Å². The number of rotatable bonds is 5. The quantitative estimate of drug-likeness (QED) is 0.651. The molecule has 0 heterocycles. The number of nitrogens with one attached hydrogen (secondary N) is 1. The van der Waals surface area contributed by atoms with Crippen molar-refractivity contribution >= 4 is 17.8 Å². The van der Waals surface area contributed by atoms with Gasteiger partial charge in [0.2, 0.25) is 11.8 Å². The first-order valence-corrected chi connectivity index (χ1v) is 5.21.